The van der Waals surface area contributed by atoms with E-state index >= 15 is 0 Å². The van der Waals surface area contributed by atoms with E-state index in [1.54, 1.807) is 37.4 Å². The number of carbonyl (C=O) groups is 2. The summed E-state index contributed by atoms with van der Waals surface area (Å²) in [4.78, 5) is 24.8. The number of benzene rings is 3. The van der Waals surface area contributed by atoms with Crippen LogP contribution in [0.15, 0.2) is 72.3 Å². The van der Waals surface area contributed by atoms with Crippen LogP contribution in [0.5, 0.6) is 17.2 Å². The molecule has 3 rings (SSSR count). The van der Waals surface area contributed by atoms with Gasteiger partial charge in [0.1, 0.15) is 17.4 Å². The quantitative estimate of drug-likeness (QED) is 0.308. The van der Waals surface area contributed by atoms with Crippen LogP contribution in [0.3, 0.4) is 0 Å². The zero-order chi connectivity index (χ0) is 25.9. The van der Waals surface area contributed by atoms with Gasteiger partial charge in [0.25, 0.3) is 11.8 Å². The number of halogens is 1. The van der Waals surface area contributed by atoms with Gasteiger partial charge in [0.05, 0.1) is 19.2 Å². The van der Waals surface area contributed by atoms with E-state index in [0.29, 0.717) is 17.0 Å². The van der Waals surface area contributed by atoms with Crippen LogP contribution in [0.2, 0.25) is 5.02 Å². The maximum absolute atomic E-state index is 12.5. The SMILES string of the molecule is COc1ccc(NC(=O)COc2c(Cl)cc(/C=C(\C#N)C(=O)NCc3ccccc3)cc2OC)cc1. The molecule has 0 heterocycles. The molecule has 3 aromatic carbocycles. The number of amides is 2. The van der Waals surface area contributed by atoms with Gasteiger partial charge in [0.2, 0.25) is 0 Å². The van der Waals surface area contributed by atoms with Gasteiger partial charge in [0, 0.05) is 12.2 Å². The first-order chi connectivity index (χ1) is 17.4. The van der Waals surface area contributed by atoms with Crippen LogP contribution in [-0.4, -0.2) is 32.6 Å². The van der Waals surface area contributed by atoms with Gasteiger partial charge in [-0.1, -0.05) is 41.9 Å². The zero-order valence-corrected chi connectivity index (χ0v) is 20.5. The summed E-state index contributed by atoms with van der Waals surface area (Å²) in [5, 5.41) is 15.1. The molecule has 36 heavy (non-hydrogen) atoms. The smallest absolute Gasteiger partial charge is 0.262 e. The Kier molecular flexibility index (Phi) is 9.32. The van der Waals surface area contributed by atoms with E-state index in [1.165, 1.54) is 19.3 Å². The maximum atomic E-state index is 12.5. The summed E-state index contributed by atoms with van der Waals surface area (Å²) in [5.74, 6) is 0.153. The molecule has 0 radical (unpaired) electrons. The Morgan fingerprint density at radius 3 is 2.39 bits per heavy atom. The molecule has 0 saturated heterocycles. The molecule has 2 N–H and O–H groups in total. The van der Waals surface area contributed by atoms with Crippen molar-refractivity contribution in [2.45, 2.75) is 6.54 Å². The lowest BCUT2D eigenvalue weighted by molar-refractivity contribution is -0.118. The van der Waals surface area contributed by atoms with Crippen molar-refractivity contribution in [1.29, 1.82) is 5.26 Å². The molecule has 0 aliphatic carbocycles. The van der Waals surface area contributed by atoms with Crippen molar-refractivity contribution in [2.24, 2.45) is 0 Å². The van der Waals surface area contributed by atoms with Crippen molar-refractivity contribution in [3.8, 4) is 23.3 Å². The fraction of sp³-hybridized carbons (Fsp3) is 0.148. The molecule has 3 aromatic rings. The zero-order valence-electron chi connectivity index (χ0n) is 19.7. The third-order valence-electron chi connectivity index (χ3n) is 4.95. The first-order valence-electron chi connectivity index (χ1n) is 10.8. The van der Waals surface area contributed by atoms with E-state index < -0.39 is 11.8 Å². The van der Waals surface area contributed by atoms with Crippen molar-refractivity contribution in [3.63, 3.8) is 0 Å². The molecule has 0 atom stereocenters. The number of nitrogens with one attached hydrogen (secondary N) is 2. The minimum Gasteiger partial charge on any atom is -0.497 e. The first-order valence-corrected chi connectivity index (χ1v) is 11.2. The van der Waals surface area contributed by atoms with E-state index in [4.69, 9.17) is 25.8 Å². The van der Waals surface area contributed by atoms with Crippen LogP contribution < -0.4 is 24.8 Å². The number of methoxy groups -OCH3 is 2. The lowest BCUT2D eigenvalue weighted by Gasteiger charge is -2.14. The van der Waals surface area contributed by atoms with Gasteiger partial charge >= 0.3 is 0 Å². The predicted molar refractivity (Wildman–Crippen MR) is 137 cm³/mol. The first kappa shape index (κ1) is 26.1. The van der Waals surface area contributed by atoms with Crippen LogP contribution >= 0.6 is 11.6 Å². The number of anilines is 1. The number of nitriles is 1. The Hall–Kier alpha value is -4.48. The molecule has 0 aromatic heterocycles. The van der Waals surface area contributed by atoms with Crippen molar-refractivity contribution < 1.29 is 23.8 Å². The molecular weight excluding hydrogens is 482 g/mol. The number of carbonyl (C=O) groups excluding carboxylic acids is 2. The van der Waals surface area contributed by atoms with Gasteiger partial charge in [-0.2, -0.15) is 5.26 Å². The lowest BCUT2D eigenvalue weighted by Crippen LogP contribution is -2.23. The normalized spacial score (nSPS) is 10.7. The number of ether oxygens (including phenoxy) is 3. The van der Waals surface area contributed by atoms with Gasteiger partial charge < -0.3 is 24.8 Å². The van der Waals surface area contributed by atoms with Crippen LogP contribution in [0.1, 0.15) is 11.1 Å². The Bertz CT molecular complexity index is 1290. The summed E-state index contributed by atoms with van der Waals surface area (Å²) < 4.78 is 16.0. The topological polar surface area (TPSA) is 110 Å². The standard InChI is InChI=1S/C27H24ClN3O5/c1-34-22-10-8-21(9-11-22)31-25(32)17-36-26-23(28)13-19(14-24(26)35-2)12-20(15-29)27(33)30-16-18-6-4-3-5-7-18/h3-14H,16-17H2,1-2H3,(H,30,33)(H,31,32)/b20-12+. The van der Waals surface area contributed by atoms with Gasteiger partial charge in [-0.05, 0) is 53.6 Å². The highest BCUT2D eigenvalue weighted by atomic mass is 35.5. The minimum absolute atomic E-state index is 0.100. The second kappa shape index (κ2) is 12.8. The fourth-order valence-electron chi connectivity index (χ4n) is 3.16. The average Bonchev–Trinajstić information content (AvgIpc) is 2.90. The fourth-order valence-corrected chi connectivity index (χ4v) is 3.43. The lowest BCUT2D eigenvalue weighted by atomic mass is 10.1. The van der Waals surface area contributed by atoms with Gasteiger partial charge in [0.15, 0.2) is 18.1 Å². The Morgan fingerprint density at radius 2 is 1.75 bits per heavy atom. The van der Waals surface area contributed by atoms with Crippen LogP contribution in [0, 0.1) is 11.3 Å². The average molecular weight is 506 g/mol. The van der Waals surface area contributed by atoms with Crippen molar-refractivity contribution in [1.82, 2.24) is 5.32 Å². The van der Waals surface area contributed by atoms with Crippen LogP contribution in [0.25, 0.3) is 6.08 Å². The third-order valence-corrected chi connectivity index (χ3v) is 5.23. The number of nitrogens with zero attached hydrogens (tertiary/aromatic N) is 1. The molecule has 0 saturated carbocycles. The molecule has 8 nitrogen and oxygen atoms in total. The molecule has 184 valence electrons. The van der Waals surface area contributed by atoms with E-state index in [9.17, 15) is 14.9 Å². The molecule has 9 heteroatoms. The Labute approximate surface area is 214 Å². The number of rotatable bonds is 10. The van der Waals surface area contributed by atoms with E-state index in [-0.39, 0.29) is 35.2 Å². The molecular formula is C27H24ClN3O5. The van der Waals surface area contributed by atoms with Gasteiger partial charge in [-0.25, -0.2) is 0 Å². The predicted octanol–water partition coefficient (Wildman–Crippen LogP) is 4.60. The number of hydrogen-bond acceptors (Lipinski definition) is 6. The van der Waals surface area contributed by atoms with E-state index in [2.05, 4.69) is 10.6 Å². The van der Waals surface area contributed by atoms with Gasteiger partial charge in [-0.15, -0.1) is 0 Å². The number of hydrogen-bond donors (Lipinski definition) is 2. The second-order valence-corrected chi connectivity index (χ2v) is 7.84. The van der Waals surface area contributed by atoms with Crippen molar-refractivity contribution in [2.75, 3.05) is 26.1 Å². The summed E-state index contributed by atoms with van der Waals surface area (Å²) in [6.45, 7) is -0.0310. The second-order valence-electron chi connectivity index (χ2n) is 7.44. The molecule has 0 fully saturated rings. The molecule has 0 unspecified atom stereocenters. The van der Waals surface area contributed by atoms with Crippen molar-refractivity contribution in [3.05, 3.63) is 88.5 Å². The van der Waals surface area contributed by atoms with Crippen LogP contribution in [-0.2, 0) is 16.1 Å². The van der Waals surface area contributed by atoms with E-state index in [1.807, 2.05) is 36.4 Å². The largest absolute Gasteiger partial charge is 0.497 e. The third kappa shape index (κ3) is 7.26. The monoisotopic (exact) mass is 505 g/mol. The molecule has 0 aliphatic heterocycles. The maximum Gasteiger partial charge on any atom is 0.262 e. The molecule has 0 bridgehead atoms. The van der Waals surface area contributed by atoms with Crippen molar-refractivity contribution >= 4 is 35.2 Å². The molecule has 2 amide bonds. The van der Waals surface area contributed by atoms with Gasteiger partial charge in [-0.3, -0.25) is 9.59 Å². The van der Waals surface area contributed by atoms with E-state index in [0.717, 1.165) is 5.56 Å². The summed E-state index contributed by atoms with van der Waals surface area (Å²) >= 11 is 6.37. The summed E-state index contributed by atoms with van der Waals surface area (Å²) in [7, 11) is 2.97. The summed E-state index contributed by atoms with van der Waals surface area (Å²) in [6.07, 6.45) is 1.40. The Morgan fingerprint density at radius 1 is 1.03 bits per heavy atom. The highest BCUT2D eigenvalue weighted by Crippen LogP contribution is 2.37. The minimum atomic E-state index is -0.521. The molecule has 0 spiro atoms. The van der Waals surface area contributed by atoms with Crippen LogP contribution in [0.4, 0.5) is 5.69 Å². The highest BCUT2D eigenvalue weighted by molar-refractivity contribution is 6.32. The highest BCUT2D eigenvalue weighted by Gasteiger charge is 2.15. The summed E-state index contributed by atoms with van der Waals surface area (Å²) in [6, 6.07) is 21.2. The summed E-state index contributed by atoms with van der Waals surface area (Å²) in [5.41, 5.74) is 1.85. The Balaban J connectivity index is 1.67. The molecule has 0 aliphatic rings.